The molecule has 16 atom stereocenters. The Hall–Kier alpha value is -5.39. The highest BCUT2D eigenvalue weighted by molar-refractivity contribution is 6.08. The van der Waals surface area contributed by atoms with Crippen LogP contribution in [0.3, 0.4) is 0 Å². The first-order valence-electron chi connectivity index (χ1n) is 21.1. The second-order valence-electron chi connectivity index (χ2n) is 16.7. The number of hydrogen-bond acceptors (Lipinski definition) is 23. The molecule has 5 heterocycles. The molecular weight excluding hydrogens is 910 g/mol. The van der Waals surface area contributed by atoms with E-state index in [1.165, 1.54) is 61.7 Å². The molecule has 1 aromatic heterocycles. The highest BCUT2D eigenvalue weighted by Gasteiger charge is 2.58. The number of carbonyl (C=O) groups is 2. The van der Waals surface area contributed by atoms with Crippen LogP contribution in [0.15, 0.2) is 69.9 Å². The molecule has 24 nitrogen and oxygen atoms in total. The van der Waals surface area contributed by atoms with Gasteiger partial charge in [-0.15, -0.1) is 0 Å². The number of aliphatic hydroxyl groups is 11. The van der Waals surface area contributed by atoms with E-state index in [0.717, 1.165) is 11.0 Å². The van der Waals surface area contributed by atoms with Crippen LogP contribution in [0.5, 0.6) is 17.2 Å². The summed E-state index contributed by atoms with van der Waals surface area (Å²) in [6.07, 6.45) is -29.3. The summed E-state index contributed by atoms with van der Waals surface area (Å²) in [5.74, 6) is -3.58. The fourth-order valence-electron chi connectivity index (χ4n) is 8.91. The number of fused-ring (bicyclic) bond motifs is 2. The standard InChI is InChI=1S/C44H49NO23/c1-62-22-11-23-28(20(49)10-21(64-23)16-6-8-17(48)9-7-16)33(54)29(22)39-40(36(57)31(52)24(13-46)65-39)68-42-38(59)35(56)32(53)26(67-42)15-63-27(50)12-44(61)18-4-2-3-5-19(18)45(43(44)60)41-37(58)34(55)30(51)25(14-47)66-41/h2-11,24-26,30-32,34-42,46-48,51-59,61H,12-15H2,1H3/t24-,25-,26-,30-,31-,32-,34+,35+,36+,37-,38-,39+,40-,41-,42+,44+/m1/s1. The molecule has 0 unspecified atom stereocenters. The molecule has 3 fully saturated rings. The number of esters is 1. The quantitative estimate of drug-likeness (QED) is 0.0606. The zero-order valence-electron chi connectivity index (χ0n) is 35.6. The topological polar surface area (TPSA) is 386 Å². The molecule has 0 radical (unpaired) electrons. The predicted molar refractivity (Wildman–Crippen MR) is 223 cm³/mol. The van der Waals surface area contributed by atoms with Gasteiger partial charge in [-0.1, -0.05) is 18.2 Å². The van der Waals surface area contributed by atoms with Crippen LogP contribution in [0, 0.1) is 0 Å². The maximum absolute atomic E-state index is 14.0. The molecule has 3 aromatic carbocycles. The average Bonchev–Trinajstić information content (AvgIpc) is 3.54. The van der Waals surface area contributed by atoms with Crippen molar-refractivity contribution >= 4 is 28.5 Å². The van der Waals surface area contributed by atoms with Crippen LogP contribution in [0.4, 0.5) is 5.69 Å². The molecular formula is C44H49NO23. The number of nitrogens with zero attached hydrogens (tertiary/aromatic N) is 1. The van der Waals surface area contributed by atoms with Gasteiger partial charge in [0, 0.05) is 23.3 Å². The molecule has 4 aromatic rings. The molecule has 0 spiro atoms. The molecule has 3 saturated heterocycles. The first-order valence-corrected chi connectivity index (χ1v) is 21.1. The number of anilines is 1. The van der Waals surface area contributed by atoms with Crippen molar-refractivity contribution in [2.45, 2.75) is 104 Å². The monoisotopic (exact) mass is 959 g/mol. The molecule has 13 N–H and O–H groups in total. The van der Waals surface area contributed by atoms with E-state index >= 15 is 0 Å². The van der Waals surface area contributed by atoms with Crippen LogP contribution in [-0.2, 0) is 38.9 Å². The molecule has 0 aliphatic carbocycles. The van der Waals surface area contributed by atoms with E-state index in [1.54, 1.807) is 0 Å². The largest absolute Gasteiger partial charge is 0.508 e. The minimum atomic E-state index is -2.70. The lowest BCUT2D eigenvalue weighted by molar-refractivity contribution is -0.343. The van der Waals surface area contributed by atoms with Gasteiger partial charge in [0.1, 0.15) is 120 Å². The Morgan fingerprint density at radius 3 is 2.06 bits per heavy atom. The maximum atomic E-state index is 14.0. The van der Waals surface area contributed by atoms with Crippen molar-refractivity contribution in [1.29, 1.82) is 0 Å². The van der Waals surface area contributed by atoms with Crippen molar-refractivity contribution < 1.29 is 109 Å². The van der Waals surface area contributed by atoms with Crippen molar-refractivity contribution in [2.24, 2.45) is 0 Å². The summed E-state index contributed by atoms with van der Waals surface area (Å²) < 4.78 is 39.9. The highest BCUT2D eigenvalue weighted by Crippen LogP contribution is 2.48. The second-order valence-corrected chi connectivity index (χ2v) is 16.7. The smallest absolute Gasteiger partial charge is 0.309 e. The van der Waals surface area contributed by atoms with E-state index < -0.39 is 152 Å². The predicted octanol–water partition coefficient (Wildman–Crippen LogP) is -3.81. The van der Waals surface area contributed by atoms with Crippen molar-refractivity contribution in [3.8, 4) is 28.6 Å². The molecule has 1 amide bonds. The Morgan fingerprint density at radius 1 is 0.750 bits per heavy atom. The van der Waals surface area contributed by atoms with E-state index in [-0.39, 0.29) is 39.7 Å². The van der Waals surface area contributed by atoms with E-state index in [1.807, 2.05) is 0 Å². The number of ether oxygens (including phenoxy) is 6. The third kappa shape index (κ3) is 8.45. The molecule has 368 valence electrons. The number of carbonyl (C=O) groups excluding carboxylic acids is 2. The number of aromatic hydroxyl groups is 2. The molecule has 8 rings (SSSR count). The van der Waals surface area contributed by atoms with Gasteiger partial charge in [0.05, 0.1) is 38.0 Å². The van der Waals surface area contributed by atoms with E-state index in [0.29, 0.717) is 5.56 Å². The normalized spacial score (nSPS) is 35.0. The van der Waals surface area contributed by atoms with Gasteiger partial charge in [0.15, 0.2) is 23.5 Å². The molecule has 0 saturated carbocycles. The van der Waals surface area contributed by atoms with Crippen LogP contribution in [0.1, 0.15) is 23.7 Å². The van der Waals surface area contributed by atoms with Gasteiger partial charge in [-0.05, 0) is 30.3 Å². The van der Waals surface area contributed by atoms with Crippen molar-refractivity contribution in [2.75, 3.05) is 31.8 Å². The lowest BCUT2D eigenvalue weighted by Crippen LogP contribution is -2.64. The third-order valence-corrected chi connectivity index (χ3v) is 12.6. The first kappa shape index (κ1) is 49.0. The number of aliphatic hydroxyl groups excluding tert-OH is 10. The van der Waals surface area contributed by atoms with Gasteiger partial charge < -0.3 is 99.2 Å². The maximum Gasteiger partial charge on any atom is 0.309 e. The molecule has 68 heavy (non-hydrogen) atoms. The lowest BCUT2D eigenvalue weighted by Gasteiger charge is -2.46. The Bertz CT molecular complexity index is 2560. The highest BCUT2D eigenvalue weighted by atomic mass is 16.7. The fourth-order valence-corrected chi connectivity index (χ4v) is 8.91. The van der Waals surface area contributed by atoms with Gasteiger partial charge in [-0.25, -0.2) is 0 Å². The van der Waals surface area contributed by atoms with Crippen LogP contribution in [0.2, 0.25) is 0 Å². The summed E-state index contributed by atoms with van der Waals surface area (Å²) in [6.45, 7) is -2.67. The summed E-state index contributed by atoms with van der Waals surface area (Å²) in [7, 11) is 1.17. The number of phenolic OH excluding ortho intramolecular Hbond substituents is 2. The van der Waals surface area contributed by atoms with Gasteiger partial charge in [-0.2, -0.15) is 0 Å². The Morgan fingerprint density at radius 2 is 1.38 bits per heavy atom. The van der Waals surface area contributed by atoms with E-state index in [9.17, 15) is 80.8 Å². The summed E-state index contributed by atoms with van der Waals surface area (Å²) in [6, 6.07) is 13.4. The number of methoxy groups -OCH3 is 1. The van der Waals surface area contributed by atoms with Gasteiger partial charge in [0.25, 0.3) is 5.91 Å². The fraction of sp³-hybridized carbons (Fsp3) is 0.477. The van der Waals surface area contributed by atoms with Crippen LogP contribution in [0.25, 0.3) is 22.3 Å². The third-order valence-electron chi connectivity index (χ3n) is 12.6. The summed E-state index contributed by atoms with van der Waals surface area (Å²) >= 11 is 0. The number of para-hydroxylation sites is 1. The van der Waals surface area contributed by atoms with Crippen molar-refractivity contribution in [1.82, 2.24) is 0 Å². The van der Waals surface area contributed by atoms with Crippen molar-refractivity contribution in [3.05, 3.63) is 82.0 Å². The van der Waals surface area contributed by atoms with Crippen LogP contribution >= 0.6 is 0 Å². The Balaban J connectivity index is 1.03. The minimum absolute atomic E-state index is 0.0434. The zero-order chi connectivity index (χ0) is 49.1. The molecule has 24 heteroatoms. The average molecular weight is 960 g/mol. The number of rotatable bonds is 12. The lowest BCUT2D eigenvalue weighted by atomic mass is 9.89. The molecule has 0 bridgehead atoms. The Labute approximate surface area is 383 Å². The molecule has 4 aliphatic rings. The van der Waals surface area contributed by atoms with Gasteiger partial charge >= 0.3 is 5.97 Å². The summed E-state index contributed by atoms with van der Waals surface area (Å²) in [4.78, 5) is 41.8. The number of amides is 1. The minimum Gasteiger partial charge on any atom is -0.508 e. The van der Waals surface area contributed by atoms with Crippen molar-refractivity contribution in [3.63, 3.8) is 0 Å². The molecule has 4 aliphatic heterocycles. The van der Waals surface area contributed by atoms with E-state index in [2.05, 4.69) is 0 Å². The Kier molecular flexibility index (Phi) is 13.8. The van der Waals surface area contributed by atoms with Gasteiger partial charge in [-0.3, -0.25) is 19.3 Å². The SMILES string of the molecule is COc1cc2oc(-c3ccc(O)cc3)cc(=O)c2c(O)c1[C@@H]1O[C@H](CO)[C@@H](O)[C@H](O)[C@H]1O[C@@H]1O[C@H](COC(=O)C[C@@]2(O)C(=O)N([C@@H]3O[C@H](CO)[C@@H](O)[C@H](O)[C@H]3O)c3ccccc32)[C@@H](O)[C@H](O)[C@H]1O. The number of hydrogen-bond donors (Lipinski definition) is 13. The number of phenols is 2. The second kappa shape index (κ2) is 19.2. The first-order chi connectivity index (χ1) is 32.3. The summed E-state index contributed by atoms with van der Waals surface area (Å²) in [5, 5.41) is 140. The van der Waals surface area contributed by atoms with Gasteiger partial charge in [0.2, 0.25) is 0 Å². The number of benzene rings is 3. The van der Waals surface area contributed by atoms with E-state index in [4.69, 9.17) is 32.8 Å². The summed E-state index contributed by atoms with van der Waals surface area (Å²) in [5.41, 5.74) is -3.89. The zero-order valence-corrected chi connectivity index (χ0v) is 35.6. The van der Waals surface area contributed by atoms with Crippen LogP contribution < -0.4 is 15.1 Å². The van der Waals surface area contributed by atoms with Crippen LogP contribution in [-0.4, -0.2) is 191 Å².